The van der Waals surface area contributed by atoms with Gasteiger partial charge in [-0.1, -0.05) is 26.0 Å². The fourth-order valence-electron chi connectivity index (χ4n) is 2.45. The topological polar surface area (TPSA) is 50.4 Å². The molecule has 0 spiro atoms. The molecule has 1 aliphatic rings. The van der Waals surface area contributed by atoms with Crippen molar-refractivity contribution < 1.29 is 9.53 Å². The number of aryl methyl sites for hydroxylation is 1. The van der Waals surface area contributed by atoms with Gasteiger partial charge in [-0.2, -0.15) is 0 Å². The highest BCUT2D eigenvalue weighted by molar-refractivity contribution is 6.00. The summed E-state index contributed by atoms with van der Waals surface area (Å²) in [6, 6.07) is 5.93. The van der Waals surface area contributed by atoms with Crippen molar-refractivity contribution in [3.63, 3.8) is 0 Å². The van der Waals surface area contributed by atoms with Gasteiger partial charge in [0.2, 0.25) is 0 Å². The zero-order chi connectivity index (χ0) is 15.1. The van der Waals surface area contributed by atoms with Crippen molar-refractivity contribution in [3.8, 4) is 0 Å². The third-order valence-corrected chi connectivity index (χ3v) is 3.69. The van der Waals surface area contributed by atoms with Crippen molar-refractivity contribution in [2.45, 2.75) is 33.1 Å². The zero-order valence-electron chi connectivity index (χ0n) is 13.1. The second kappa shape index (κ2) is 8.03. The number of fused-ring (bicyclic) bond motifs is 1. The average molecular weight is 290 g/mol. The van der Waals surface area contributed by atoms with Crippen LogP contribution >= 0.6 is 0 Å². The number of rotatable bonds is 7. The lowest BCUT2D eigenvalue weighted by atomic mass is 9.99. The van der Waals surface area contributed by atoms with Crippen molar-refractivity contribution in [1.29, 1.82) is 0 Å². The molecule has 21 heavy (non-hydrogen) atoms. The van der Waals surface area contributed by atoms with Crippen LogP contribution in [0.15, 0.2) is 18.2 Å². The molecule has 0 atom stereocenters. The third-order valence-electron chi connectivity index (χ3n) is 3.69. The summed E-state index contributed by atoms with van der Waals surface area (Å²) in [6.07, 6.45) is 3.23. The minimum atomic E-state index is -0.0197. The summed E-state index contributed by atoms with van der Waals surface area (Å²) >= 11 is 0. The Morgan fingerprint density at radius 3 is 3.05 bits per heavy atom. The fraction of sp³-hybridized carbons (Fsp3) is 0.588. The van der Waals surface area contributed by atoms with E-state index in [-0.39, 0.29) is 5.91 Å². The summed E-state index contributed by atoms with van der Waals surface area (Å²) in [5.74, 6) is 0.634. The van der Waals surface area contributed by atoms with Gasteiger partial charge < -0.3 is 15.4 Å². The highest BCUT2D eigenvalue weighted by Crippen LogP contribution is 2.25. The van der Waals surface area contributed by atoms with Crippen LogP contribution in [-0.2, 0) is 11.2 Å². The molecule has 2 rings (SSSR count). The Balaban J connectivity index is 1.79. The lowest BCUT2D eigenvalue weighted by Gasteiger charge is -2.20. The van der Waals surface area contributed by atoms with Gasteiger partial charge in [0.25, 0.3) is 5.91 Å². The van der Waals surface area contributed by atoms with E-state index in [1.54, 1.807) is 0 Å². The first kappa shape index (κ1) is 15.8. The quantitative estimate of drug-likeness (QED) is 0.759. The summed E-state index contributed by atoms with van der Waals surface area (Å²) in [7, 11) is 0. The number of anilines is 1. The molecule has 116 valence electrons. The van der Waals surface area contributed by atoms with Gasteiger partial charge in [-0.25, -0.2) is 0 Å². The number of benzene rings is 1. The maximum atomic E-state index is 12.3. The lowest BCUT2D eigenvalue weighted by molar-refractivity contribution is 0.0906. The monoisotopic (exact) mass is 290 g/mol. The summed E-state index contributed by atoms with van der Waals surface area (Å²) in [5.41, 5.74) is 2.98. The molecule has 2 N–H and O–H groups in total. The molecule has 1 amide bonds. The van der Waals surface area contributed by atoms with E-state index >= 15 is 0 Å². The Morgan fingerprint density at radius 2 is 2.24 bits per heavy atom. The maximum Gasteiger partial charge on any atom is 0.253 e. The largest absolute Gasteiger partial charge is 0.384 e. The van der Waals surface area contributed by atoms with Crippen LogP contribution in [0, 0.1) is 5.92 Å². The highest BCUT2D eigenvalue weighted by Gasteiger charge is 2.16. The Bertz CT molecular complexity index is 472. The Hall–Kier alpha value is -1.55. The molecular weight excluding hydrogens is 264 g/mol. The van der Waals surface area contributed by atoms with Gasteiger partial charge in [0.05, 0.1) is 17.9 Å². The highest BCUT2D eigenvalue weighted by atomic mass is 16.5. The molecule has 0 saturated heterocycles. The van der Waals surface area contributed by atoms with E-state index in [9.17, 15) is 4.79 Å². The van der Waals surface area contributed by atoms with Gasteiger partial charge in [0.1, 0.15) is 0 Å². The van der Waals surface area contributed by atoms with Gasteiger partial charge in [-0.15, -0.1) is 0 Å². The molecule has 0 aliphatic carbocycles. The molecule has 0 radical (unpaired) electrons. The van der Waals surface area contributed by atoms with E-state index in [1.807, 2.05) is 12.1 Å². The number of hydrogen-bond donors (Lipinski definition) is 2. The first-order valence-electron chi connectivity index (χ1n) is 7.90. The number of para-hydroxylation sites is 1. The summed E-state index contributed by atoms with van der Waals surface area (Å²) < 4.78 is 5.51. The molecule has 1 aromatic rings. The van der Waals surface area contributed by atoms with Gasteiger partial charge in [-0.05, 0) is 36.8 Å². The van der Waals surface area contributed by atoms with E-state index in [0.717, 1.165) is 43.7 Å². The van der Waals surface area contributed by atoms with Gasteiger partial charge >= 0.3 is 0 Å². The second-order valence-corrected chi connectivity index (χ2v) is 5.92. The molecule has 0 fully saturated rings. The van der Waals surface area contributed by atoms with Gasteiger partial charge in [-0.3, -0.25) is 4.79 Å². The fourth-order valence-corrected chi connectivity index (χ4v) is 2.45. The minimum Gasteiger partial charge on any atom is -0.384 e. The normalized spacial score (nSPS) is 13.7. The molecule has 0 unspecified atom stereocenters. The van der Waals surface area contributed by atoms with Crippen LogP contribution < -0.4 is 10.6 Å². The third kappa shape index (κ3) is 4.74. The first-order chi connectivity index (χ1) is 10.2. The SMILES string of the molecule is CC(C)CCOCCNC(=O)c1cccc2c1NCCC2. The number of carbonyl (C=O) groups excluding carboxylic acids is 1. The van der Waals surface area contributed by atoms with Crippen molar-refractivity contribution >= 4 is 11.6 Å². The van der Waals surface area contributed by atoms with Crippen LogP contribution in [0.2, 0.25) is 0 Å². The Kier molecular flexibility index (Phi) is 6.05. The predicted octanol–water partition coefficient (Wildman–Crippen LogP) is 2.84. The van der Waals surface area contributed by atoms with Crippen LogP contribution in [0.5, 0.6) is 0 Å². The summed E-state index contributed by atoms with van der Waals surface area (Å²) in [4.78, 5) is 12.3. The van der Waals surface area contributed by atoms with Crippen molar-refractivity contribution in [2.24, 2.45) is 5.92 Å². The molecule has 4 nitrogen and oxygen atoms in total. The maximum absolute atomic E-state index is 12.3. The number of ether oxygens (including phenoxy) is 1. The van der Waals surface area contributed by atoms with E-state index in [2.05, 4.69) is 30.5 Å². The second-order valence-electron chi connectivity index (χ2n) is 5.92. The van der Waals surface area contributed by atoms with Crippen molar-refractivity contribution in [1.82, 2.24) is 5.32 Å². The van der Waals surface area contributed by atoms with Gasteiger partial charge in [0, 0.05) is 19.7 Å². The number of nitrogens with one attached hydrogen (secondary N) is 2. The van der Waals surface area contributed by atoms with Crippen LogP contribution in [0.4, 0.5) is 5.69 Å². The zero-order valence-corrected chi connectivity index (χ0v) is 13.1. The molecular formula is C17H26N2O2. The standard InChI is InChI=1S/C17H26N2O2/c1-13(2)8-11-21-12-10-19-17(20)15-7-3-5-14-6-4-9-18-16(14)15/h3,5,7,13,18H,4,6,8-12H2,1-2H3,(H,19,20). The predicted molar refractivity (Wildman–Crippen MR) is 85.9 cm³/mol. The smallest absolute Gasteiger partial charge is 0.253 e. The first-order valence-corrected chi connectivity index (χ1v) is 7.90. The van der Waals surface area contributed by atoms with Crippen LogP contribution in [0.25, 0.3) is 0 Å². The van der Waals surface area contributed by atoms with Crippen LogP contribution in [0.3, 0.4) is 0 Å². The molecule has 0 saturated carbocycles. The lowest BCUT2D eigenvalue weighted by Crippen LogP contribution is -2.29. The minimum absolute atomic E-state index is 0.0197. The van der Waals surface area contributed by atoms with Crippen molar-refractivity contribution in [2.75, 3.05) is 31.6 Å². The van der Waals surface area contributed by atoms with E-state index in [4.69, 9.17) is 4.74 Å². The van der Waals surface area contributed by atoms with Crippen LogP contribution in [0.1, 0.15) is 42.6 Å². The number of hydrogen-bond acceptors (Lipinski definition) is 3. The number of carbonyl (C=O) groups is 1. The molecule has 1 aromatic carbocycles. The van der Waals surface area contributed by atoms with E-state index in [0.29, 0.717) is 19.1 Å². The van der Waals surface area contributed by atoms with E-state index in [1.165, 1.54) is 5.56 Å². The summed E-state index contributed by atoms with van der Waals surface area (Å²) in [6.45, 7) is 7.18. The van der Waals surface area contributed by atoms with Crippen molar-refractivity contribution in [3.05, 3.63) is 29.3 Å². The summed E-state index contributed by atoms with van der Waals surface area (Å²) in [5, 5.41) is 6.28. The Morgan fingerprint density at radius 1 is 1.38 bits per heavy atom. The van der Waals surface area contributed by atoms with Crippen LogP contribution in [-0.4, -0.2) is 32.2 Å². The Labute approximate surface area is 127 Å². The molecule has 0 bridgehead atoms. The number of amides is 1. The van der Waals surface area contributed by atoms with E-state index < -0.39 is 0 Å². The molecule has 1 aliphatic heterocycles. The molecule has 4 heteroatoms. The molecule has 0 aromatic heterocycles. The average Bonchev–Trinajstić information content (AvgIpc) is 2.49. The van der Waals surface area contributed by atoms with Gasteiger partial charge in [0.15, 0.2) is 0 Å². The molecule has 1 heterocycles.